The van der Waals surface area contributed by atoms with Crippen molar-refractivity contribution in [1.82, 2.24) is 14.9 Å². The van der Waals surface area contributed by atoms with Gasteiger partial charge in [0, 0.05) is 54.7 Å². The third-order valence-corrected chi connectivity index (χ3v) is 9.21. The molecule has 0 amide bonds. The van der Waals surface area contributed by atoms with Gasteiger partial charge in [-0.25, -0.2) is 9.97 Å². The van der Waals surface area contributed by atoms with Gasteiger partial charge in [-0.15, -0.1) is 0 Å². The number of hydrogen-bond acceptors (Lipinski definition) is 7. The fourth-order valence-corrected chi connectivity index (χ4v) is 7.65. The first kappa shape index (κ1) is 21.2. The standard InChI is InChI=1S/C32H26N6O/c1-18-19-8-4-6-10-23(19)38-30-24(16-33-17-34-30)36(3)32(38)27-26(18)22-13-12-21-20-9-5-7-11-25(20)39-29(21)28(22)37-15-14-35(2)31(27)37/h4-17,26-27,31-32H,1H2,2-3H3/t26-,27?,31?,32?/m0/s1. The zero-order chi connectivity index (χ0) is 26.0. The summed E-state index contributed by atoms with van der Waals surface area (Å²) in [7, 11) is 4.35. The Kier molecular flexibility index (Phi) is 3.91. The largest absolute Gasteiger partial charge is 0.454 e. The van der Waals surface area contributed by atoms with Crippen LogP contribution in [0.2, 0.25) is 0 Å². The maximum Gasteiger partial charge on any atom is 0.161 e. The second-order valence-corrected chi connectivity index (χ2v) is 11.0. The van der Waals surface area contributed by atoms with Crippen molar-refractivity contribution >= 4 is 50.4 Å². The van der Waals surface area contributed by atoms with Crippen LogP contribution in [0.15, 0.2) is 96.6 Å². The van der Waals surface area contributed by atoms with Crippen molar-refractivity contribution in [1.29, 1.82) is 0 Å². The highest BCUT2D eigenvalue weighted by Gasteiger charge is 2.56. The smallest absolute Gasteiger partial charge is 0.161 e. The van der Waals surface area contributed by atoms with Crippen LogP contribution in [0.5, 0.6) is 0 Å². The monoisotopic (exact) mass is 510 g/mol. The summed E-state index contributed by atoms with van der Waals surface area (Å²) in [4.78, 5) is 18.7. The summed E-state index contributed by atoms with van der Waals surface area (Å²) in [6.07, 6.45) is 8.05. The SMILES string of the molecule is C=C1c2ccccc2N2c3ncncc3N(C)C2C2C3N(C)C=CN3c3c(ccc4c3oc3ccccc34)[C@H]12. The molecule has 39 heavy (non-hydrogen) atoms. The van der Waals surface area contributed by atoms with Crippen LogP contribution in [0.25, 0.3) is 27.5 Å². The van der Waals surface area contributed by atoms with Crippen molar-refractivity contribution in [3.8, 4) is 0 Å². The van der Waals surface area contributed by atoms with Gasteiger partial charge in [-0.3, -0.25) is 0 Å². The van der Waals surface area contributed by atoms with E-state index in [4.69, 9.17) is 16.0 Å². The van der Waals surface area contributed by atoms with Crippen LogP contribution in [0, 0.1) is 5.92 Å². The summed E-state index contributed by atoms with van der Waals surface area (Å²) in [5, 5.41) is 2.29. The van der Waals surface area contributed by atoms with E-state index in [-0.39, 0.29) is 24.2 Å². The highest BCUT2D eigenvalue weighted by Crippen LogP contribution is 2.60. The van der Waals surface area contributed by atoms with Gasteiger partial charge < -0.3 is 24.0 Å². The number of hydrogen-bond donors (Lipinski definition) is 0. The first-order chi connectivity index (χ1) is 19.1. The average molecular weight is 511 g/mol. The fourth-order valence-electron chi connectivity index (χ4n) is 7.65. The van der Waals surface area contributed by atoms with E-state index in [0.717, 1.165) is 56.0 Å². The summed E-state index contributed by atoms with van der Waals surface area (Å²) in [5.41, 5.74) is 8.71. The van der Waals surface area contributed by atoms with Crippen molar-refractivity contribution in [2.75, 3.05) is 28.8 Å². The Balaban J connectivity index is 1.38. The molecule has 0 fully saturated rings. The van der Waals surface area contributed by atoms with Crippen LogP contribution in [0.3, 0.4) is 0 Å². The number of benzene rings is 3. The highest BCUT2D eigenvalue weighted by atomic mass is 16.3. The summed E-state index contributed by atoms with van der Waals surface area (Å²) in [6, 6.07) is 21.5. The quantitative estimate of drug-likeness (QED) is 0.243. The molecule has 3 unspecified atom stereocenters. The van der Waals surface area contributed by atoms with Gasteiger partial charge in [0.1, 0.15) is 29.9 Å². The van der Waals surface area contributed by atoms with E-state index in [1.54, 1.807) is 6.33 Å². The lowest BCUT2D eigenvalue weighted by Gasteiger charge is -2.50. The molecule has 5 aromatic rings. The number of anilines is 4. The van der Waals surface area contributed by atoms with Crippen LogP contribution in [-0.4, -0.2) is 41.3 Å². The van der Waals surface area contributed by atoms with Crippen molar-refractivity contribution in [3.63, 3.8) is 0 Å². The van der Waals surface area contributed by atoms with Gasteiger partial charge in [-0.1, -0.05) is 55.1 Å². The molecule has 9 rings (SSSR count). The molecular weight excluding hydrogens is 484 g/mol. The average Bonchev–Trinajstić information content (AvgIpc) is 3.61. The number of nitrogens with zero attached hydrogens (tertiary/aromatic N) is 6. The normalized spacial score (nSPS) is 24.4. The Morgan fingerprint density at radius 3 is 2.64 bits per heavy atom. The predicted octanol–water partition coefficient (Wildman–Crippen LogP) is 6.28. The fraction of sp³-hybridized carbons (Fsp3) is 0.188. The lowest BCUT2D eigenvalue weighted by molar-refractivity contribution is 0.204. The van der Waals surface area contributed by atoms with E-state index in [1.165, 1.54) is 5.56 Å². The minimum absolute atomic E-state index is 0.0106. The number of furan rings is 1. The molecule has 4 atom stereocenters. The van der Waals surface area contributed by atoms with Gasteiger partial charge in [-0.05, 0) is 23.3 Å². The van der Waals surface area contributed by atoms with Gasteiger partial charge >= 0.3 is 0 Å². The molecule has 0 saturated carbocycles. The van der Waals surface area contributed by atoms with E-state index in [1.807, 2.05) is 12.3 Å². The van der Waals surface area contributed by atoms with Crippen LogP contribution < -0.4 is 14.7 Å². The van der Waals surface area contributed by atoms with Crippen molar-refractivity contribution in [2.24, 2.45) is 5.92 Å². The minimum atomic E-state index is 0.0106. The maximum absolute atomic E-state index is 6.61. The molecule has 190 valence electrons. The van der Waals surface area contributed by atoms with Gasteiger partial charge in [0.05, 0.1) is 17.6 Å². The van der Waals surface area contributed by atoms with E-state index in [0.29, 0.717) is 0 Å². The van der Waals surface area contributed by atoms with Gasteiger partial charge in [0.2, 0.25) is 0 Å². The summed E-state index contributed by atoms with van der Waals surface area (Å²) < 4.78 is 6.61. The zero-order valence-electron chi connectivity index (χ0n) is 21.7. The van der Waals surface area contributed by atoms with Crippen molar-refractivity contribution < 1.29 is 4.42 Å². The van der Waals surface area contributed by atoms with Crippen molar-refractivity contribution in [2.45, 2.75) is 18.2 Å². The summed E-state index contributed by atoms with van der Waals surface area (Å²) >= 11 is 0. The molecule has 0 aliphatic carbocycles. The van der Waals surface area contributed by atoms with E-state index in [9.17, 15) is 0 Å². The van der Waals surface area contributed by atoms with Gasteiger partial charge in [0.25, 0.3) is 0 Å². The third-order valence-electron chi connectivity index (χ3n) is 9.21. The molecule has 4 aliphatic rings. The lowest BCUT2D eigenvalue weighted by Crippen LogP contribution is -2.58. The molecule has 3 aromatic carbocycles. The Bertz CT molecular complexity index is 1890. The molecular formula is C32H26N6O. The van der Waals surface area contributed by atoms with Crippen LogP contribution in [-0.2, 0) is 0 Å². The Morgan fingerprint density at radius 1 is 0.872 bits per heavy atom. The highest BCUT2D eigenvalue weighted by molar-refractivity contribution is 6.10. The molecule has 0 bridgehead atoms. The molecule has 7 nitrogen and oxygen atoms in total. The molecule has 0 spiro atoms. The number of para-hydroxylation sites is 2. The predicted molar refractivity (Wildman–Crippen MR) is 155 cm³/mol. The molecule has 7 heteroatoms. The number of aromatic nitrogens is 2. The minimum Gasteiger partial charge on any atom is -0.454 e. The molecule has 0 radical (unpaired) electrons. The number of allylic oxidation sites excluding steroid dienone is 1. The summed E-state index contributed by atoms with van der Waals surface area (Å²) in [6.45, 7) is 4.80. The molecule has 6 heterocycles. The first-order valence-electron chi connectivity index (χ1n) is 13.4. The molecule has 2 aromatic heterocycles. The molecule has 4 aliphatic heterocycles. The van der Waals surface area contributed by atoms with Crippen molar-refractivity contribution in [3.05, 3.63) is 103 Å². The molecule has 0 saturated heterocycles. The number of rotatable bonds is 0. The second-order valence-electron chi connectivity index (χ2n) is 11.0. The lowest BCUT2D eigenvalue weighted by atomic mass is 9.72. The van der Waals surface area contributed by atoms with Gasteiger partial charge in [-0.2, -0.15) is 0 Å². The topological polar surface area (TPSA) is 51.9 Å². The summed E-state index contributed by atoms with van der Waals surface area (Å²) in [5.74, 6) is 1.14. The third kappa shape index (κ3) is 2.48. The van der Waals surface area contributed by atoms with E-state index < -0.39 is 0 Å². The Labute approximate surface area is 225 Å². The van der Waals surface area contributed by atoms with Crippen LogP contribution >= 0.6 is 0 Å². The maximum atomic E-state index is 6.61. The van der Waals surface area contributed by atoms with Crippen LogP contribution in [0.1, 0.15) is 17.0 Å². The van der Waals surface area contributed by atoms with E-state index in [2.05, 4.69) is 106 Å². The van der Waals surface area contributed by atoms with Gasteiger partial charge in [0.15, 0.2) is 11.4 Å². The first-order valence-corrected chi connectivity index (χ1v) is 13.4. The molecule has 0 N–H and O–H groups in total. The Morgan fingerprint density at radius 2 is 1.72 bits per heavy atom. The zero-order valence-corrected chi connectivity index (χ0v) is 21.7. The van der Waals surface area contributed by atoms with E-state index >= 15 is 0 Å². The number of fused-ring (bicyclic) bond motifs is 16. The second kappa shape index (κ2) is 7.20. The van der Waals surface area contributed by atoms with Crippen LogP contribution in [0.4, 0.5) is 22.9 Å². The Hall–Kier alpha value is -4.78.